The Labute approximate surface area is 274 Å². The van der Waals surface area contributed by atoms with Crippen LogP contribution in [0.2, 0.25) is 0 Å². The van der Waals surface area contributed by atoms with Crippen molar-refractivity contribution in [2.45, 2.75) is 0 Å². The molecule has 6 heteroatoms. The Balaban J connectivity index is 1.24. The summed E-state index contributed by atoms with van der Waals surface area (Å²) in [6.07, 6.45) is 1.81. The minimum absolute atomic E-state index is 0.580. The van der Waals surface area contributed by atoms with Crippen molar-refractivity contribution in [3.05, 3.63) is 146 Å². The third-order valence-electron chi connectivity index (χ3n) is 8.99. The van der Waals surface area contributed by atoms with Gasteiger partial charge in [-0.05, 0) is 41.5 Å². The maximum atomic E-state index is 6.40. The second-order valence-electron chi connectivity index (χ2n) is 11.8. The minimum Gasteiger partial charge on any atom is -0.456 e. The number of hydrogen-bond acceptors (Lipinski definition) is 6. The molecule has 0 unspecified atom stereocenters. The van der Waals surface area contributed by atoms with Crippen molar-refractivity contribution in [3.8, 4) is 45.3 Å². The van der Waals surface area contributed by atoms with Gasteiger partial charge < -0.3 is 8.83 Å². The number of nitrogens with zero attached hydrogens (tertiary/aromatic N) is 4. The van der Waals surface area contributed by atoms with Crippen LogP contribution in [0.3, 0.4) is 0 Å². The first-order valence-corrected chi connectivity index (χ1v) is 15.8. The summed E-state index contributed by atoms with van der Waals surface area (Å²) in [6.45, 7) is 0. The summed E-state index contributed by atoms with van der Waals surface area (Å²) in [4.78, 5) is 19.9. The number of hydrogen-bond donors (Lipinski definition) is 0. The number of fused-ring (bicyclic) bond motifs is 7. The minimum atomic E-state index is 0.580. The first kappa shape index (κ1) is 26.5. The van der Waals surface area contributed by atoms with Crippen LogP contribution in [-0.4, -0.2) is 19.9 Å². The molecule has 48 heavy (non-hydrogen) atoms. The number of pyridine rings is 1. The molecule has 0 aliphatic carbocycles. The quantitative estimate of drug-likeness (QED) is 0.196. The summed E-state index contributed by atoms with van der Waals surface area (Å²) in [5.74, 6) is 1.76. The van der Waals surface area contributed by atoms with E-state index in [9.17, 15) is 0 Å². The number of benzene rings is 6. The van der Waals surface area contributed by atoms with Crippen LogP contribution in [0.5, 0.6) is 0 Å². The largest absolute Gasteiger partial charge is 0.456 e. The van der Waals surface area contributed by atoms with E-state index in [0.29, 0.717) is 17.5 Å². The fourth-order valence-corrected chi connectivity index (χ4v) is 6.82. The van der Waals surface area contributed by atoms with E-state index in [1.807, 2.05) is 91.0 Å². The normalized spacial score (nSPS) is 11.8. The molecule has 0 aliphatic heterocycles. The summed E-state index contributed by atoms with van der Waals surface area (Å²) < 4.78 is 12.6. The molecule has 0 fully saturated rings. The fourth-order valence-electron chi connectivity index (χ4n) is 6.82. The molecule has 0 atom stereocenters. The van der Waals surface area contributed by atoms with Crippen LogP contribution < -0.4 is 0 Å². The van der Waals surface area contributed by atoms with E-state index in [-0.39, 0.29) is 0 Å². The predicted molar refractivity (Wildman–Crippen MR) is 191 cm³/mol. The van der Waals surface area contributed by atoms with E-state index in [0.717, 1.165) is 82.6 Å². The van der Waals surface area contributed by atoms with Gasteiger partial charge in [-0.2, -0.15) is 0 Å². The Morgan fingerprint density at radius 2 is 1.02 bits per heavy atom. The molecule has 0 spiro atoms. The van der Waals surface area contributed by atoms with E-state index in [1.165, 1.54) is 0 Å². The Bertz CT molecular complexity index is 2850. The van der Waals surface area contributed by atoms with Crippen LogP contribution in [0.4, 0.5) is 0 Å². The van der Waals surface area contributed by atoms with Gasteiger partial charge in [0.05, 0.1) is 5.52 Å². The molecule has 224 valence electrons. The van der Waals surface area contributed by atoms with Crippen molar-refractivity contribution in [2.75, 3.05) is 0 Å². The zero-order valence-electron chi connectivity index (χ0n) is 25.5. The van der Waals surface area contributed by atoms with E-state index in [2.05, 4.69) is 53.5 Å². The number of para-hydroxylation sites is 1. The van der Waals surface area contributed by atoms with Crippen LogP contribution in [0.25, 0.3) is 100 Å². The zero-order valence-corrected chi connectivity index (χ0v) is 25.5. The highest BCUT2D eigenvalue weighted by atomic mass is 16.3. The molecule has 4 heterocycles. The highest BCUT2D eigenvalue weighted by Gasteiger charge is 2.21. The molecular formula is C42H24N4O2. The Morgan fingerprint density at radius 1 is 0.396 bits per heavy atom. The van der Waals surface area contributed by atoms with Crippen LogP contribution in [-0.2, 0) is 0 Å². The first-order valence-electron chi connectivity index (χ1n) is 15.8. The highest BCUT2D eigenvalue weighted by Crippen LogP contribution is 2.42. The molecule has 0 saturated heterocycles. The van der Waals surface area contributed by atoms with E-state index >= 15 is 0 Å². The average Bonchev–Trinajstić information content (AvgIpc) is 3.72. The third kappa shape index (κ3) is 4.13. The van der Waals surface area contributed by atoms with Crippen LogP contribution in [0, 0.1) is 0 Å². The molecule has 4 aromatic heterocycles. The standard InChI is InChI=1S/C42H24N4O2/c1-2-11-25(12-3-1)40-44-41(46-42(45-40)31-18-9-21-36-39(31)30-16-6-7-19-34(30)47-36)29-15-5-4-14-27(29)28-17-8-20-35-38(28)32-23-26-13-10-22-43-33(26)24-37(32)48-35/h1-24H. The molecule has 0 amide bonds. The van der Waals surface area contributed by atoms with Crippen molar-refractivity contribution in [3.63, 3.8) is 0 Å². The lowest BCUT2D eigenvalue weighted by atomic mass is 9.94. The molecule has 10 rings (SSSR count). The van der Waals surface area contributed by atoms with Crippen LogP contribution in [0.1, 0.15) is 0 Å². The molecule has 0 N–H and O–H groups in total. The summed E-state index contributed by atoms with van der Waals surface area (Å²) in [7, 11) is 0. The van der Waals surface area contributed by atoms with Gasteiger partial charge in [0, 0.05) is 55.9 Å². The van der Waals surface area contributed by atoms with Crippen molar-refractivity contribution in [2.24, 2.45) is 0 Å². The van der Waals surface area contributed by atoms with Gasteiger partial charge in [-0.1, -0.05) is 103 Å². The lowest BCUT2D eigenvalue weighted by Crippen LogP contribution is -2.01. The monoisotopic (exact) mass is 616 g/mol. The van der Waals surface area contributed by atoms with Crippen molar-refractivity contribution < 1.29 is 8.83 Å². The van der Waals surface area contributed by atoms with Crippen molar-refractivity contribution in [1.29, 1.82) is 0 Å². The van der Waals surface area contributed by atoms with Gasteiger partial charge >= 0.3 is 0 Å². The number of rotatable bonds is 4. The topological polar surface area (TPSA) is 77.8 Å². The van der Waals surface area contributed by atoms with E-state index < -0.39 is 0 Å². The Hall–Kier alpha value is -6.66. The second kappa shape index (κ2) is 10.4. The maximum Gasteiger partial charge on any atom is 0.164 e. The summed E-state index contributed by atoms with van der Waals surface area (Å²) in [5.41, 5.74) is 8.86. The summed E-state index contributed by atoms with van der Waals surface area (Å²) in [5, 5.41) is 5.14. The van der Waals surface area contributed by atoms with Gasteiger partial charge in [-0.3, -0.25) is 4.98 Å². The van der Waals surface area contributed by atoms with Gasteiger partial charge in [0.1, 0.15) is 22.3 Å². The van der Waals surface area contributed by atoms with Crippen LogP contribution >= 0.6 is 0 Å². The SMILES string of the molecule is c1ccc(-c2nc(-c3ccccc3-c3cccc4oc5cc6ncccc6cc5c34)nc(-c3cccc4oc5ccccc5c34)n2)cc1. The van der Waals surface area contributed by atoms with Gasteiger partial charge in [-0.25, -0.2) is 15.0 Å². The molecule has 6 aromatic carbocycles. The predicted octanol–water partition coefficient (Wildman–Crippen LogP) is 10.9. The Morgan fingerprint density at radius 3 is 1.88 bits per heavy atom. The van der Waals surface area contributed by atoms with Crippen molar-refractivity contribution in [1.82, 2.24) is 19.9 Å². The third-order valence-corrected chi connectivity index (χ3v) is 8.99. The van der Waals surface area contributed by atoms with Gasteiger partial charge in [-0.15, -0.1) is 0 Å². The molecular weight excluding hydrogens is 592 g/mol. The lowest BCUT2D eigenvalue weighted by molar-refractivity contribution is 0.668. The number of furan rings is 2. The second-order valence-corrected chi connectivity index (χ2v) is 11.8. The zero-order chi connectivity index (χ0) is 31.6. The average molecular weight is 617 g/mol. The highest BCUT2D eigenvalue weighted by molar-refractivity contribution is 6.16. The molecule has 10 aromatic rings. The molecule has 0 radical (unpaired) electrons. The fraction of sp³-hybridized carbons (Fsp3) is 0. The Kier molecular flexibility index (Phi) is 5.77. The van der Waals surface area contributed by atoms with Gasteiger partial charge in [0.2, 0.25) is 0 Å². The first-order chi connectivity index (χ1) is 23.8. The lowest BCUT2D eigenvalue weighted by Gasteiger charge is -2.13. The summed E-state index contributed by atoms with van der Waals surface area (Å²) in [6, 6.07) is 46.9. The summed E-state index contributed by atoms with van der Waals surface area (Å²) >= 11 is 0. The smallest absolute Gasteiger partial charge is 0.164 e. The maximum absolute atomic E-state index is 6.40. The molecule has 0 bridgehead atoms. The molecule has 0 saturated carbocycles. The van der Waals surface area contributed by atoms with Crippen molar-refractivity contribution >= 4 is 54.8 Å². The molecule has 6 nitrogen and oxygen atoms in total. The van der Waals surface area contributed by atoms with E-state index in [4.69, 9.17) is 23.8 Å². The molecule has 0 aliphatic rings. The van der Waals surface area contributed by atoms with Gasteiger partial charge in [0.15, 0.2) is 17.5 Å². The number of aromatic nitrogens is 4. The van der Waals surface area contributed by atoms with E-state index in [1.54, 1.807) is 6.20 Å². The van der Waals surface area contributed by atoms with Gasteiger partial charge in [0.25, 0.3) is 0 Å². The van der Waals surface area contributed by atoms with Crippen LogP contribution in [0.15, 0.2) is 155 Å².